The van der Waals surface area contributed by atoms with Gasteiger partial charge in [-0.05, 0) is 0 Å². The van der Waals surface area contributed by atoms with Crippen molar-refractivity contribution in [3.8, 4) is 0 Å². The monoisotopic (exact) mass is 388 g/mol. The van der Waals surface area contributed by atoms with Crippen LogP contribution in [0.1, 0.15) is 0 Å². The average Bonchev–Trinajstić information content (AvgIpc) is 0. The SMILES string of the molecule is [AlH3].[Hf].[Y].[Y]. The molecule has 0 aromatic carbocycles. The molecule has 4 heteroatoms. The fraction of sp³-hybridized carbons (Fsp3) is 0. The fourth-order valence-corrected chi connectivity index (χ4v) is 0. The van der Waals surface area contributed by atoms with Gasteiger partial charge >= 0.3 is 0 Å². The Morgan fingerprint density at radius 3 is 0.750 bits per heavy atom. The molecule has 4 heavy (non-hydrogen) atoms. The van der Waals surface area contributed by atoms with Crippen molar-refractivity contribution < 1.29 is 91.3 Å². The Bertz CT molecular complexity index is 6.00. The van der Waals surface area contributed by atoms with Crippen molar-refractivity contribution in [1.82, 2.24) is 0 Å². The molecule has 2 radical (unpaired) electrons. The van der Waals surface area contributed by atoms with Crippen molar-refractivity contribution in [2.24, 2.45) is 0 Å². The van der Waals surface area contributed by atoms with Crippen molar-refractivity contribution >= 4 is 17.4 Å². The number of hydrogen-bond donors (Lipinski definition) is 0. The Morgan fingerprint density at radius 2 is 0.750 bits per heavy atom. The minimum atomic E-state index is 0. The second kappa shape index (κ2) is 16.0. The van der Waals surface area contributed by atoms with E-state index in [1.54, 1.807) is 0 Å². The average molecular weight is 386 g/mol. The van der Waals surface area contributed by atoms with E-state index in [0.29, 0.717) is 0 Å². The molecule has 0 atom stereocenters. The van der Waals surface area contributed by atoms with Gasteiger partial charge in [-0.2, -0.15) is 0 Å². The first-order valence-electron chi connectivity index (χ1n) is 0. The van der Waals surface area contributed by atoms with Gasteiger partial charge in [0.05, 0.1) is 0 Å². The molecule has 0 nitrogen and oxygen atoms in total. The largest absolute Gasteiger partial charge is 0.187 e. The summed E-state index contributed by atoms with van der Waals surface area (Å²) in [5, 5.41) is 0. The van der Waals surface area contributed by atoms with Crippen LogP contribution in [-0.4, -0.2) is 17.4 Å². The number of rotatable bonds is 0. The van der Waals surface area contributed by atoms with E-state index in [2.05, 4.69) is 0 Å². The van der Waals surface area contributed by atoms with E-state index < -0.39 is 0 Å². The third-order valence-corrected chi connectivity index (χ3v) is 0. The summed E-state index contributed by atoms with van der Waals surface area (Å²) in [4.78, 5) is 0. The van der Waals surface area contributed by atoms with Crippen LogP contribution in [0.5, 0.6) is 0 Å². The first-order chi connectivity index (χ1) is 0. The number of hydrogen-bond acceptors (Lipinski definition) is 0. The van der Waals surface area contributed by atoms with Gasteiger partial charge in [-0.1, -0.05) is 0 Å². The molecular formula is H3AlHfY2. The van der Waals surface area contributed by atoms with E-state index in [1.165, 1.54) is 0 Å². The molecule has 0 saturated carbocycles. The molecule has 0 aliphatic rings. The second-order valence-electron chi connectivity index (χ2n) is 0. The first kappa shape index (κ1) is 25.5. The third kappa shape index (κ3) is 9.15. The van der Waals surface area contributed by atoms with Crippen LogP contribution in [-0.2, 0) is 91.3 Å². The van der Waals surface area contributed by atoms with Crippen LogP contribution in [0, 0.1) is 0 Å². The molecule has 0 aliphatic heterocycles. The zero-order valence-electron chi connectivity index (χ0n) is 1.65. The first-order valence-corrected chi connectivity index (χ1v) is 0. The zero-order valence-corrected chi connectivity index (χ0v) is 10.9. The smallest absolute Gasteiger partial charge is 0 e. The van der Waals surface area contributed by atoms with Crippen LogP contribution >= 0.6 is 0 Å². The van der Waals surface area contributed by atoms with Crippen LogP contribution < -0.4 is 0 Å². The molecule has 0 unspecified atom stereocenters. The maximum atomic E-state index is 0. The van der Waals surface area contributed by atoms with Crippen LogP contribution in [0.2, 0.25) is 0 Å². The predicted molar refractivity (Wildman–Crippen MR) is 9.94 cm³/mol. The van der Waals surface area contributed by atoms with E-state index in [-0.39, 0.29) is 109 Å². The van der Waals surface area contributed by atoms with Crippen LogP contribution in [0.25, 0.3) is 0 Å². The Morgan fingerprint density at radius 1 is 0.750 bits per heavy atom. The Hall–Kier alpha value is 3.61. The molecule has 0 fully saturated rings. The van der Waals surface area contributed by atoms with Gasteiger partial charge in [0.2, 0.25) is 0 Å². The summed E-state index contributed by atoms with van der Waals surface area (Å²) in [6, 6.07) is 0. The molecule has 0 rings (SSSR count). The molecule has 0 aromatic heterocycles. The van der Waals surface area contributed by atoms with Gasteiger partial charge < -0.3 is 0 Å². The summed E-state index contributed by atoms with van der Waals surface area (Å²) in [6.45, 7) is 0. The molecule has 0 bridgehead atoms. The van der Waals surface area contributed by atoms with Crippen molar-refractivity contribution in [1.29, 1.82) is 0 Å². The zero-order chi connectivity index (χ0) is 0. The molecule has 0 amide bonds. The van der Waals surface area contributed by atoms with Gasteiger partial charge in [0.25, 0.3) is 0 Å². The van der Waals surface area contributed by atoms with Gasteiger partial charge in [-0.25, -0.2) is 0 Å². The standard InChI is InChI=1S/Al.Hf.2Y.3H. The Balaban J connectivity index is 0. The molecule has 0 heterocycles. The minimum Gasteiger partial charge on any atom is 0 e. The third-order valence-electron chi connectivity index (χ3n) is 0. The van der Waals surface area contributed by atoms with Crippen LogP contribution in [0.4, 0.5) is 0 Å². The molecule has 16 valence electrons. The molecule has 0 spiro atoms. The molecule has 0 N–H and O–H groups in total. The van der Waals surface area contributed by atoms with Gasteiger partial charge in [0, 0.05) is 91.3 Å². The quantitative estimate of drug-likeness (QED) is 0.460. The summed E-state index contributed by atoms with van der Waals surface area (Å²) < 4.78 is 0. The van der Waals surface area contributed by atoms with Crippen molar-refractivity contribution in [3.05, 3.63) is 0 Å². The van der Waals surface area contributed by atoms with Crippen molar-refractivity contribution in [3.63, 3.8) is 0 Å². The summed E-state index contributed by atoms with van der Waals surface area (Å²) in [5.74, 6) is 0. The topological polar surface area (TPSA) is 0 Å². The van der Waals surface area contributed by atoms with Crippen LogP contribution in [0.3, 0.4) is 0 Å². The van der Waals surface area contributed by atoms with E-state index in [1.807, 2.05) is 0 Å². The second-order valence-corrected chi connectivity index (χ2v) is 0. The van der Waals surface area contributed by atoms with Gasteiger partial charge in [-0.15, -0.1) is 0 Å². The molecule has 0 aromatic rings. The Kier molecular flexibility index (Phi) is 102. The summed E-state index contributed by atoms with van der Waals surface area (Å²) in [5.41, 5.74) is 0. The van der Waals surface area contributed by atoms with E-state index >= 15 is 0 Å². The van der Waals surface area contributed by atoms with Crippen LogP contribution in [0.15, 0.2) is 0 Å². The van der Waals surface area contributed by atoms with E-state index in [0.717, 1.165) is 0 Å². The summed E-state index contributed by atoms with van der Waals surface area (Å²) in [7, 11) is 0. The fourth-order valence-electron chi connectivity index (χ4n) is 0. The maximum Gasteiger partial charge on any atom is 0.187 e. The normalized spacial score (nSPS) is 0. The predicted octanol–water partition coefficient (Wildman–Crippen LogP) is -1.19. The van der Waals surface area contributed by atoms with Crippen molar-refractivity contribution in [2.45, 2.75) is 0 Å². The van der Waals surface area contributed by atoms with E-state index in [9.17, 15) is 0 Å². The molecular weight excluding hydrogens is 383 g/mol. The maximum absolute atomic E-state index is 0. The van der Waals surface area contributed by atoms with Gasteiger partial charge in [-0.3, -0.25) is 0 Å². The molecule has 0 saturated heterocycles. The molecule has 0 aliphatic carbocycles. The Labute approximate surface area is 106 Å². The van der Waals surface area contributed by atoms with E-state index in [4.69, 9.17) is 0 Å². The summed E-state index contributed by atoms with van der Waals surface area (Å²) >= 11 is 0. The van der Waals surface area contributed by atoms with Gasteiger partial charge in [0.1, 0.15) is 0 Å². The van der Waals surface area contributed by atoms with Gasteiger partial charge in [0.15, 0.2) is 17.4 Å². The van der Waals surface area contributed by atoms with Crippen molar-refractivity contribution in [2.75, 3.05) is 0 Å². The minimum absolute atomic E-state index is 0. The summed E-state index contributed by atoms with van der Waals surface area (Å²) in [6.07, 6.45) is 0.